The van der Waals surface area contributed by atoms with Crippen LogP contribution in [0.4, 0.5) is 0 Å². The van der Waals surface area contributed by atoms with Gasteiger partial charge in [0, 0.05) is 18.3 Å². The van der Waals surface area contributed by atoms with Crippen molar-refractivity contribution in [3.63, 3.8) is 0 Å². The van der Waals surface area contributed by atoms with E-state index in [4.69, 9.17) is 0 Å². The lowest BCUT2D eigenvalue weighted by molar-refractivity contribution is 0.0182. The van der Waals surface area contributed by atoms with E-state index in [0.29, 0.717) is 6.54 Å². The van der Waals surface area contributed by atoms with Crippen LogP contribution in [0.2, 0.25) is 0 Å². The molecular weight excluding hydrogens is 252 g/mol. The Kier molecular flexibility index (Phi) is 3.49. The number of hydrogen-bond donors (Lipinski definition) is 1. The monoisotopic (exact) mass is 278 g/mol. The summed E-state index contributed by atoms with van der Waals surface area (Å²) < 4.78 is 1.99. The van der Waals surface area contributed by atoms with E-state index in [9.17, 15) is 9.90 Å². The van der Waals surface area contributed by atoms with Crippen molar-refractivity contribution >= 4 is 5.91 Å². The molecule has 20 heavy (non-hydrogen) atoms. The fraction of sp³-hybridized carbons (Fsp3) is 0.688. The zero-order valence-electron chi connectivity index (χ0n) is 13.4. The van der Waals surface area contributed by atoms with Crippen LogP contribution in [0.25, 0.3) is 0 Å². The lowest BCUT2D eigenvalue weighted by Crippen LogP contribution is -2.57. The van der Waals surface area contributed by atoms with Crippen molar-refractivity contribution in [3.8, 4) is 0 Å². The lowest BCUT2D eigenvalue weighted by Gasteiger charge is -2.44. The van der Waals surface area contributed by atoms with Crippen LogP contribution in [-0.2, 0) is 12.0 Å². The molecule has 112 valence electrons. The van der Waals surface area contributed by atoms with Crippen LogP contribution >= 0.6 is 0 Å². The summed E-state index contributed by atoms with van der Waals surface area (Å²) in [6.07, 6.45) is 2.05. The van der Waals surface area contributed by atoms with Crippen molar-refractivity contribution in [1.82, 2.24) is 9.47 Å². The van der Waals surface area contributed by atoms with E-state index in [1.54, 1.807) is 0 Å². The Morgan fingerprint density at radius 3 is 2.30 bits per heavy atom. The lowest BCUT2D eigenvalue weighted by atomic mass is 9.89. The average Bonchev–Trinajstić information content (AvgIpc) is 2.70. The predicted octanol–water partition coefficient (Wildman–Crippen LogP) is 2.40. The van der Waals surface area contributed by atoms with Gasteiger partial charge in [-0.05, 0) is 37.8 Å². The summed E-state index contributed by atoms with van der Waals surface area (Å²) in [5.74, 6) is 0.0123. The first-order chi connectivity index (χ1) is 9.05. The van der Waals surface area contributed by atoms with E-state index in [1.807, 2.05) is 36.3 Å². The molecule has 4 nitrogen and oxygen atoms in total. The number of amides is 1. The minimum Gasteiger partial charge on any atom is -0.394 e. The Bertz CT molecular complexity index is 518. The number of nitrogens with zero attached hydrogens (tertiary/aromatic N) is 2. The van der Waals surface area contributed by atoms with Crippen molar-refractivity contribution in [2.24, 2.45) is 0 Å². The summed E-state index contributed by atoms with van der Waals surface area (Å²) in [4.78, 5) is 14.6. The maximum atomic E-state index is 12.8. The van der Waals surface area contributed by atoms with Gasteiger partial charge in [0.2, 0.25) is 0 Å². The highest BCUT2D eigenvalue weighted by Crippen LogP contribution is 2.31. The maximum absolute atomic E-state index is 12.8. The SMILES string of the molecule is CC(C)(C)c1cc2n(c1)CC(CO)N(C(C)(C)C)C2=O. The molecule has 0 bridgehead atoms. The van der Waals surface area contributed by atoms with Crippen molar-refractivity contribution in [3.05, 3.63) is 23.5 Å². The normalized spacial score (nSPS) is 20.2. The van der Waals surface area contributed by atoms with E-state index in [-0.39, 0.29) is 29.5 Å². The van der Waals surface area contributed by atoms with Gasteiger partial charge in [0.1, 0.15) is 5.69 Å². The fourth-order valence-corrected chi connectivity index (χ4v) is 2.84. The second kappa shape index (κ2) is 4.62. The van der Waals surface area contributed by atoms with E-state index in [0.717, 1.165) is 11.3 Å². The van der Waals surface area contributed by atoms with Gasteiger partial charge in [-0.25, -0.2) is 0 Å². The Morgan fingerprint density at radius 1 is 1.25 bits per heavy atom. The summed E-state index contributed by atoms with van der Waals surface area (Å²) in [5.41, 5.74) is 1.62. The predicted molar refractivity (Wildman–Crippen MR) is 79.9 cm³/mol. The molecule has 0 saturated carbocycles. The molecule has 1 aromatic rings. The van der Waals surface area contributed by atoms with Crippen molar-refractivity contribution < 1.29 is 9.90 Å². The largest absolute Gasteiger partial charge is 0.394 e. The highest BCUT2D eigenvalue weighted by atomic mass is 16.3. The van der Waals surface area contributed by atoms with Gasteiger partial charge in [0.15, 0.2) is 0 Å². The molecular formula is C16H26N2O2. The topological polar surface area (TPSA) is 45.5 Å². The molecule has 4 heteroatoms. The summed E-state index contributed by atoms with van der Waals surface area (Å²) in [6, 6.07) is 1.84. The van der Waals surface area contributed by atoms with Crippen LogP contribution in [0.15, 0.2) is 12.3 Å². The van der Waals surface area contributed by atoms with Crippen molar-refractivity contribution in [2.75, 3.05) is 6.61 Å². The van der Waals surface area contributed by atoms with Crippen LogP contribution in [0, 0.1) is 0 Å². The highest BCUT2D eigenvalue weighted by molar-refractivity contribution is 5.94. The molecule has 1 aliphatic heterocycles. The van der Waals surface area contributed by atoms with Gasteiger partial charge in [-0.15, -0.1) is 0 Å². The number of aliphatic hydroxyl groups is 1. The molecule has 2 rings (SSSR count). The Hall–Kier alpha value is -1.29. The minimum absolute atomic E-state index is 0.00845. The third-order valence-electron chi connectivity index (χ3n) is 3.91. The van der Waals surface area contributed by atoms with Gasteiger partial charge in [-0.3, -0.25) is 4.79 Å². The molecule has 2 heterocycles. The minimum atomic E-state index is -0.290. The molecule has 1 unspecified atom stereocenters. The summed E-state index contributed by atoms with van der Waals surface area (Å²) in [7, 11) is 0. The van der Waals surface area contributed by atoms with Crippen LogP contribution in [0.5, 0.6) is 0 Å². The Morgan fingerprint density at radius 2 is 1.85 bits per heavy atom. The first-order valence-corrected chi connectivity index (χ1v) is 7.21. The van der Waals surface area contributed by atoms with E-state index in [2.05, 4.69) is 27.0 Å². The van der Waals surface area contributed by atoms with Gasteiger partial charge in [0.05, 0.1) is 12.6 Å². The van der Waals surface area contributed by atoms with Crippen LogP contribution in [0.3, 0.4) is 0 Å². The zero-order chi connectivity index (χ0) is 15.3. The Balaban J connectivity index is 2.48. The fourth-order valence-electron chi connectivity index (χ4n) is 2.84. The molecule has 0 saturated heterocycles. The first-order valence-electron chi connectivity index (χ1n) is 7.21. The van der Waals surface area contributed by atoms with Crippen LogP contribution < -0.4 is 0 Å². The molecule has 1 N–H and O–H groups in total. The van der Waals surface area contributed by atoms with E-state index in [1.165, 1.54) is 0 Å². The quantitative estimate of drug-likeness (QED) is 0.857. The first kappa shape index (κ1) is 15.1. The van der Waals surface area contributed by atoms with Gasteiger partial charge >= 0.3 is 0 Å². The molecule has 1 aliphatic rings. The Labute approximate surface area is 121 Å². The van der Waals surface area contributed by atoms with Crippen molar-refractivity contribution in [1.29, 1.82) is 0 Å². The molecule has 0 spiro atoms. The molecule has 1 atom stereocenters. The smallest absolute Gasteiger partial charge is 0.271 e. The maximum Gasteiger partial charge on any atom is 0.271 e. The third-order valence-corrected chi connectivity index (χ3v) is 3.91. The van der Waals surface area contributed by atoms with Crippen LogP contribution in [-0.4, -0.2) is 38.7 Å². The molecule has 1 aromatic heterocycles. The summed E-state index contributed by atoms with van der Waals surface area (Å²) >= 11 is 0. The van der Waals surface area contributed by atoms with Crippen LogP contribution in [0.1, 0.15) is 57.6 Å². The molecule has 0 aromatic carbocycles. The van der Waals surface area contributed by atoms with Crippen molar-refractivity contribution in [2.45, 2.75) is 65.1 Å². The average molecular weight is 278 g/mol. The van der Waals surface area contributed by atoms with Gasteiger partial charge in [-0.2, -0.15) is 0 Å². The molecule has 0 radical (unpaired) electrons. The molecule has 0 aliphatic carbocycles. The molecule has 0 fully saturated rings. The standard InChI is InChI=1S/C16H26N2O2/c1-15(2,3)11-7-13-14(20)18(16(4,5)6)12(10-19)9-17(13)8-11/h7-8,12,19H,9-10H2,1-6H3. The van der Waals surface area contributed by atoms with E-state index < -0.39 is 0 Å². The second-order valence-electron chi connectivity index (χ2n) is 7.70. The number of hydrogen-bond acceptors (Lipinski definition) is 2. The number of aliphatic hydroxyl groups excluding tert-OH is 1. The number of fused-ring (bicyclic) bond motifs is 1. The van der Waals surface area contributed by atoms with E-state index >= 15 is 0 Å². The van der Waals surface area contributed by atoms with Gasteiger partial charge < -0.3 is 14.6 Å². The number of rotatable bonds is 1. The second-order valence-corrected chi connectivity index (χ2v) is 7.70. The summed E-state index contributed by atoms with van der Waals surface area (Å²) in [6.45, 7) is 13.1. The van der Waals surface area contributed by atoms with Gasteiger partial charge in [0.25, 0.3) is 5.91 Å². The number of aromatic nitrogens is 1. The van der Waals surface area contributed by atoms with Gasteiger partial charge in [-0.1, -0.05) is 20.8 Å². The highest BCUT2D eigenvalue weighted by Gasteiger charge is 2.39. The molecule has 1 amide bonds. The third kappa shape index (κ3) is 2.49. The number of carbonyl (C=O) groups excluding carboxylic acids is 1. The zero-order valence-corrected chi connectivity index (χ0v) is 13.4. The summed E-state index contributed by atoms with van der Waals surface area (Å²) in [5, 5.41) is 9.63. The number of carbonyl (C=O) groups is 1.